The lowest BCUT2D eigenvalue weighted by Crippen LogP contribution is -2.29. The third-order valence-corrected chi connectivity index (χ3v) is 4.16. The summed E-state index contributed by atoms with van der Waals surface area (Å²) in [5.41, 5.74) is 7.12. The van der Waals surface area contributed by atoms with E-state index in [-0.39, 0.29) is 23.0 Å². The van der Waals surface area contributed by atoms with E-state index < -0.39 is 0 Å². The van der Waals surface area contributed by atoms with Gasteiger partial charge in [-0.3, -0.25) is 0 Å². The molecule has 2 N–H and O–H groups in total. The van der Waals surface area contributed by atoms with E-state index in [2.05, 4.69) is 0 Å². The SMILES string of the molecule is Cc1ccsc1C(Oc1ccc(F)cc1Cl)C(C)N. The molecular weight excluding hydrogens is 285 g/mol. The quantitative estimate of drug-likeness (QED) is 0.912. The summed E-state index contributed by atoms with van der Waals surface area (Å²) in [5.74, 6) is 0.0557. The molecule has 2 aromatic rings. The third kappa shape index (κ3) is 3.26. The average molecular weight is 300 g/mol. The van der Waals surface area contributed by atoms with Gasteiger partial charge < -0.3 is 10.5 Å². The van der Waals surface area contributed by atoms with Crippen molar-refractivity contribution in [3.8, 4) is 5.75 Å². The topological polar surface area (TPSA) is 35.2 Å². The molecule has 0 fully saturated rings. The van der Waals surface area contributed by atoms with E-state index in [0.717, 1.165) is 10.4 Å². The maximum atomic E-state index is 13.0. The Hall–Kier alpha value is -1.10. The van der Waals surface area contributed by atoms with Crippen molar-refractivity contribution in [1.29, 1.82) is 0 Å². The van der Waals surface area contributed by atoms with Gasteiger partial charge in [0.1, 0.15) is 17.7 Å². The van der Waals surface area contributed by atoms with Crippen molar-refractivity contribution in [1.82, 2.24) is 0 Å². The maximum Gasteiger partial charge on any atom is 0.148 e. The van der Waals surface area contributed by atoms with E-state index in [4.69, 9.17) is 22.1 Å². The number of benzene rings is 1. The van der Waals surface area contributed by atoms with Crippen molar-refractivity contribution in [2.24, 2.45) is 5.73 Å². The molecule has 0 saturated carbocycles. The molecule has 2 nitrogen and oxygen atoms in total. The standard InChI is InChI=1S/C14H15ClFNOS/c1-8-5-6-19-14(8)13(9(2)17)18-12-4-3-10(16)7-11(12)15/h3-7,9,13H,17H2,1-2H3. The fraction of sp³-hybridized carbons (Fsp3) is 0.286. The van der Waals surface area contributed by atoms with Crippen LogP contribution in [0.5, 0.6) is 5.75 Å². The monoisotopic (exact) mass is 299 g/mol. The lowest BCUT2D eigenvalue weighted by atomic mass is 10.1. The molecule has 1 aromatic heterocycles. The Morgan fingerprint density at radius 2 is 2.11 bits per heavy atom. The number of rotatable bonds is 4. The first-order valence-corrected chi connectivity index (χ1v) is 7.16. The summed E-state index contributed by atoms with van der Waals surface area (Å²) in [6, 6.07) is 5.90. The Morgan fingerprint density at radius 3 is 2.63 bits per heavy atom. The molecule has 102 valence electrons. The minimum Gasteiger partial charge on any atom is -0.482 e. The number of nitrogens with two attached hydrogens (primary N) is 1. The molecule has 0 bridgehead atoms. The van der Waals surface area contributed by atoms with Crippen molar-refractivity contribution in [3.05, 3.63) is 50.9 Å². The van der Waals surface area contributed by atoms with Crippen LogP contribution in [0.3, 0.4) is 0 Å². The fourth-order valence-corrected chi connectivity index (χ4v) is 3.06. The zero-order chi connectivity index (χ0) is 14.0. The summed E-state index contributed by atoms with van der Waals surface area (Å²) < 4.78 is 18.9. The maximum absolute atomic E-state index is 13.0. The number of halogens is 2. The van der Waals surface area contributed by atoms with Gasteiger partial charge in [-0.2, -0.15) is 0 Å². The zero-order valence-corrected chi connectivity index (χ0v) is 12.3. The minimum absolute atomic E-state index is 0.196. The first kappa shape index (κ1) is 14.3. The molecule has 2 unspecified atom stereocenters. The largest absolute Gasteiger partial charge is 0.482 e. The van der Waals surface area contributed by atoms with E-state index in [1.54, 1.807) is 11.3 Å². The van der Waals surface area contributed by atoms with E-state index in [1.165, 1.54) is 18.2 Å². The highest BCUT2D eigenvalue weighted by Gasteiger charge is 2.22. The van der Waals surface area contributed by atoms with Gasteiger partial charge in [0.2, 0.25) is 0 Å². The average Bonchev–Trinajstić information content (AvgIpc) is 2.74. The van der Waals surface area contributed by atoms with E-state index in [1.807, 2.05) is 25.3 Å². The lowest BCUT2D eigenvalue weighted by molar-refractivity contribution is 0.183. The lowest BCUT2D eigenvalue weighted by Gasteiger charge is -2.23. The number of aryl methyl sites for hydroxylation is 1. The van der Waals surface area contributed by atoms with Gasteiger partial charge in [0, 0.05) is 10.9 Å². The van der Waals surface area contributed by atoms with E-state index in [9.17, 15) is 4.39 Å². The van der Waals surface area contributed by atoms with Crippen LogP contribution >= 0.6 is 22.9 Å². The van der Waals surface area contributed by atoms with Crippen LogP contribution in [0.4, 0.5) is 4.39 Å². The Kier molecular flexibility index (Phi) is 4.45. The highest BCUT2D eigenvalue weighted by atomic mass is 35.5. The van der Waals surface area contributed by atoms with Crippen LogP contribution in [0, 0.1) is 12.7 Å². The molecule has 0 aliphatic heterocycles. The van der Waals surface area contributed by atoms with Crippen LogP contribution < -0.4 is 10.5 Å². The smallest absolute Gasteiger partial charge is 0.148 e. The van der Waals surface area contributed by atoms with Crippen molar-refractivity contribution >= 4 is 22.9 Å². The number of thiophene rings is 1. The van der Waals surface area contributed by atoms with E-state index >= 15 is 0 Å². The van der Waals surface area contributed by atoms with Gasteiger partial charge in [0.05, 0.1) is 5.02 Å². The first-order valence-electron chi connectivity index (χ1n) is 5.90. The second kappa shape index (κ2) is 5.90. The Morgan fingerprint density at radius 1 is 1.37 bits per heavy atom. The molecular formula is C14H15ClFNOS. The second-order valence-corrected chi connectivity index (χ2v) is 5.80. The van der Waals surface area contributed by atoms with Crippen molar-refractivity contribution in [2.45, 2.75) is 26.0 Å². The number of hydrogen-bond acceptors (Lipinski definition) is 3. The van der Waals surface area contributed by atoms with Gasteiger partial charge in [0.25, 0.3) is 0 Å². The van der Waals surface area contributed by atoms with Gasteiger partial charge in [-0.05, 0) is 49.1 Å². The van der Waals surface area contributed by atoms with Crippen molar-refractivity contribution < 1.29 is 9.13 Å². The first-order chi connectivity index (χ1) is 8.99. The highest BCUT2D eigenvalue weighted by molar-refractivity contribution is 7.10. The summed E-state index contributed by atoms with van der Waals surface area (Å²) in [7, 11) is 0. The van der Waals surface area contributed by atoms with Crippen LogP contribution in [-0.2, 0) is 0 Å². The molecule has 19 heavy (non-hydrogen) atoms. The molecule has 0 radical (unpaired) electrons. The summed E-state index contributed by atoms with van der Waals surface area (Å²) >= 11 is 7.57. The molecule has 0 amide bonds. The van der Waals surface area contributed by atoms with Gasteiger partial charge in [0.15, 0.2) is 0 Å². The van der Waals surface area contributed by atoms with Gasteiger partial charge in [-0.1, -0.05) is 11.6 Å². The molecule has 0 saturated heterocycles. The summed E-state index contributed by atoms with van der Waals surface area (Å²) in [4.78, 5) is 1.07. The van der Waals surface area contributed by atoms with Crippen LogP contribution in [-0.4, -0.2) is 6.04 Å². The highest BCUT2D eigenvalue weighted by Crippen LogP contribution is 2.34. The molecule has 1 heterocycles. The Bertz CT molecular complexity index is 570. The van der Waals surface area contributed by atoms with Crippen LogP contribution in [0.1, 0.15) is 23.5 Å². The van der Waals surface area contributed by atoms with Crippen LogP contribution in [0.25, 0.3) is 0 Å². The number of hydrogen-bond donors (Lipinski definition) is 1. The van der Waals surface area contributed by atoms with Gasteiger partial charge in [-0.15, -0.1) is 11.3 Å². The van der Waals surface area contributed by atoms with Gasteiger partial charge >= 0.3 is 0 Å². The second-order valence-electron chi connectivity index (χ2n) is 4.44. The molecule has 5 heteroatoms. The normalized spacial score (nSPS) is 14.2. The predicted octanol–water partition coefficient (Wildman–Crippen LogP) is 4.32. The molecule has 0 aliphatic carbocycles. The van der Waals surface area contributed by atoms with Crippen molar-refractivity contribution in [2.75, 3.05) is 0 Å². The summed E-state index contributed by atoms with van der Waals surface area (Å²) in [6.45, 7) is 3.89. The number of ether oxygens (including phenoxy) is 1. The van der Waals surface area contributed by atoms with Crippen molar-refractivity contribution in [3.63, 3.8) is 0 Å². The Labute approximate surface area is 121 Å². The molecule has 0 spiro atoms. The van der Waals surface area contributed by atoms with Gasteiger partial charge in [-0.25, -0.2) is 4.39 Å². The predicted molar refractivity (Wildman–Crippen MR) is 77.5 cm³/mol. The van der Waals surface area contributed by atoms with E-state index in [0.29, 0.717) is 5.75 Å². The van der Waals surface area contributed by atoms with Crippen LogP contribution in [0.2, 0.25) is 5.02 Å². The minimum atomic E-state index is -0.387. The molecule has 1 aromatic carbocycles. The molecule has 0 aliphatic rings. The fourth-order valence-electron chi connectivity index (χ4n) is 1.78. The molecule has 2 atom stereocenters. The summed E-state index contributed by atoms with van der Waals surface area (Å²) in [6.07, 6.45) is -0.289. The third-order valence-electron chi connectivity index (χ3n) is 2.79. The summed E-state index contributed by atoms with van der Waals surface area (Å²) in [5, 5.41) is 2.25. The van der Waals surface area contributed by atoms with Crippen LogP contribution in [0.15, 0.2) is 29.6 Å². The Balaban J connectivity index is 2.29. The zero-order valence-electron chi connectivity index (χ0n) is 10.7. The molecule has 2 rings (SSSR count).